The Hall–Kier alpha value is -1.48. The van der Waals surface area contributed by atoms with Crippen LogP contribution in [0.4, 0.5) is 0 Å². The van der Waals surface area contributed by atoms with Gasteiger partial charge in [-0.3, -0.25) is 4.79 Å². The summed E-state index contributed by atoms with van der Waals surface area (Å²) in [4.78, 5) is 12.4. The van der Waals surface area contributed by atoms with Gasteiger partial charge in [-0.25, -0.2) is 8.42 Å². The Bertz CT molecular complexity index is 711. The van der Waals surface area contributed by atoms with Crippen LogP contribution in [0.25, 0.3) is 0 Å². The standard InChI is InChI=1S/C20H32N2O5S/c1-16-13-17(2)15-22(14-16)28(24,25)19-7-5-18(6-8-19)20(23)21-9-4-10-27-12-11-26-3/h5-8,16-17H,4,9-15H2,1-3H3,(H,21,23)/t16-,17-/m0/s1. The Morgan fingerprint density at radius 3 is 2.36 bits per heavy atom. The van der Waals surface area contributed by atoms with Crippen molar-refractivity contribution in [2.75, 3.05) is 46.6 Å². The third-order valence-corrected chi connectivity index (χ3v) is 6.62. The van der Waals surface area contributed by atoms with E-state index in [4.69, 9.17) is 9.47 Å². The first-order valence-electron chi connectivity index (χ1n) is 9.79. The minimum Gasteiger partial charge on any atom is -0.382 e. The summed E-state index contributed by atoms with van der Waals surface area (Å²) < 4.78 is 37.5. The molecule has 2 atom stereocenters. The Morgan fingerprint density at radius 2 is 1.75 bits per heavy atom. The molecule has 1 heterocycles. The normalized spacial score (nSPS) is 20.8. The topological polar surface area (TPSA) is 84.9 Å². The monoisotopic (exact) mass is 412 g/mol. The van der Waals surface area contributed by atoms with Crippen molar-refractivity contribution in [1.82, 2.24) is 9.62 Å². The average molecular weight is 413 g/mol. The molecular weight excluding hydrogens is 380 g/mol. The number of carbonyl (C=O) groups excluding carboxylic acids is 1. The number of benzene rings is 1. The summed E-state index contributed by atoms with van der Waals surface area (Å²) in [6, 6.07) is 6.16. The van der Waals surface area contributed by atoms with E-state index in [1.54, 1.807) is 23.5 Å². The molecule has 1 aromatic carbocycles. The number of rotatable bonds is 10. The largest absolute Gasteiger partial charge is 0.382 e. The molecule has 7 nitrogen and oxygen atoms in total. The lowest BCUT2D eigenvalue weighted by atomic mass is 9.94. The fourth-order valence-corrected chi connectivity index (χ4v) is 5.13. The Labute approximate surface area is 168 Å². The molecule has 0 bridgehead atoms. The number of hydrogen-bond donors (Lipinski definition) is 1. The second-order valence-electron chi connectivity index (χ2n) is 7.51. The summed E-state index contributed by atoms with van der Waals surface area (Å²) in [7, 11) is -1.91. The van der Waals surface area contributed by atoms with E-state index in [0.717, 1.165) is 6.42 Å². The third-order valence-electron chi connectivity index (χ3n) is 4.77. The highest BCUT2D eigenvalue weighted by Crippen LogP contribution is 2.26. The molecule has 1 N–H and O–H groups in total. The first-order chi connectivity index (χ1) is 13.3. The molecule has 0 radical (unpaired) electrons. The quantitative estimate of drug-likeness (QED) is 0.595. The van der Waals surface area contributed by atoms with E-state index in [1.807, 2.05) is 0 Å². The zero-order valence-corrected chi connectivity index (χ0v) is 17.8. The number of nitrogens with one attached hydrogen (secondary N) is 1. The Kier molecular flexibility index (Phi) is 8.88. The lowest BCUT2D eigenvalue weighted by molar-refractivity contribution is 0.0688. The van der Waals surface area contributed by atoms with Crippen molar-refractivity contribution in [3.05, 3.63) is 29.8 Å². The van der Waals surface area contributed by atoms with Gasteiger partial charge in [0.05, 0.1) is 18.1 Å². The van der Waals surface area contributed by atoms with Gasteiger partial charge in [0.1, 0.15) is 0 Å². The van der Waals surface area contributed by atoms with Crippen molar-refractivity contribution < 1.29 is 22.7 Å². The molecule has 0 saturated carbocycles. The zero-order chi connectivity index (χ0) is 20.6. The van der Waals surface area contributed by atoms with Crippen molar-refractivity contribution in [1.29, 1.82) is 0 Å². The Balaban J connectivity index is 1.87. The second-order valence-corrected chi connectivity index (χ2v) is 9.45. The molecule has 2 rings (SSSR count). The molecule has 1 amide bonds. The smallest absolute Gasteiger partial charge is 0.251 e. The number of piperidine rings is 1. The van der Waals surface area contributed by atoms with Crippen molar-refractivity contribution >= 4 is 15.9 Å². The summed E-state index contributed by atoms with van der Waals surface area (Å²) in [5.74, 6) is 0.477. The molecule has 1 fully saturated rings. The summed E-state index contributed by atoms with van der Waals surface area (Å²) in [6.45, 7) is 7.37. The maximum absolute atomic E-state index is 12.9. The molecular formula is C20H32N2O5S. The van der Waals surface area contributed by atoms with Crippen LogP contribution >= 0.6 is 0 Å². The highest BCUT2D eigenvalue weighted by molar-refractivity contribution is 7.89. The summed E-state index contributed by atoms with van der Waals surface area (Å²) in [6.07, 6.45) is 1.75. The van der Waals surface area contributed by atoms with Crippen LogP contribution in [0.3, 0.4) is 0 Å². The number of hydrogen-bond acceptors (Lipinski definition) is 5. The van der Waals surface area contributed by atoms with Crippen molar-refractivity contribution in [2.24, 2.45) is 11.8 Å². The third kappa shape index (κ3) is 6.55. The fraction of sp³-hybridized carbons (Fsp3) is 0.650. The molecule has 1 aromatic rings. The molecule has 1 aliphatic heterocycles. The number of methoxy groups -OCH3 is 1. The molecule has 28 heavy (non-hydrogen) atoms. The minimum absolute atomic E-state index is 0.221. The summed E-state index contributed by atoms with van der Waals surface area (Å²) >= 11 is 0. The Morgan fingerprint density at radius 1 is 1.11 bits per heavy atom. The number of amides is 1. The number of ether oxygens (including phenoxy) is 2. The van der Waals surface area contributed by atoms with Gasteiger partial charge in [0.2, 0.25) is 10.0 Å². The van der Waals surface area contributed by atoms with Crippen LogP contribution in [0.5, 0.6) is 0 Å². The molecule has 158 valence electrons. The summed E-state index contributed by atoms with van der Waals surface area (Å²) in [5, 5.41) is 2.81. The van der Waals surface area contributed by atoms with Crippen LogP contribution < -0.4 is 5.32 Å². The predicted molar refractivity (Wildman–Crippen MR) is 108 cm³/mol. The van der Waals surface area contributed by atoms with Gasteiger partial charge < -0.3 is 14.8 Å². The lowest BCUT2D eigenvalue weighted by Crippen LogP contribution is -2.42. The van der Waals surface area contributed by atoms with E-state index in [9.17, 15) is 13.2 Å². The first kappa shape index (κ1) is 22.8. The van der Waals surface area contributed by atoms with Gasteiger partial charge in [0, 0.05) is 38.9 Å². The first-order valence-corrected chi connectivity index (χ1v) is 11.2. The van der Waals surface area contributed by atoms with Gasteiger partial charge in [-0.2, -0.15) is 4.31 Å². The summed E-state index contributed by atoms with van der Waals surface area (Å²) in [5.41, 5.74) is 0.444. The van der Waals surface area contributed by atoms with Crippen LogP contribution in [0.2, 0.25) is 0 Å². The molecule has 1 aliphatic rings. The lowest BCUT2D eigenvalue weighted by Gasteiger charge is -2.34. The maximum Gasteiger partial charge on any atom is 0.251 e. The predicted octanol–water partition coefficient (Wildman–Crippen LogP) is 2.14. The van der Waals surface area contributed by atoms with Crippen LogP contribution in [-0.4, -0.2) is 65.2 Å². The van der Waals surface area contributed by atoms with Gasteiger partial charge >= 0.3 is 0 Å². The van der Waals surface area contributed by atoms with Crippen LogP contribution in [0.15, 0.2) is 29.2 Å². The molecule has 1 saturated heterocycles. The van der Waals surface area contributed by atoms with Gasteiger partial charge in [-0.15, -0.1) is 0 Å². The molecule has 0 aromatic heterocycles. The van der Waals surface area contributed by atoms with E-state index < -0.39 is 10.0 Å². The van der Waals surface area contributed by atoms with E-state index in [0.29, 0.717) is 63.3 Å². The van der Waals surface area contributed by atoms with Crippen molar-refractivity contribution in [3.8, 4) is 0 Å². The zero-order valence-electron chi connectivity index (χ0n) is 17.0. The van der Waals surface area contributed by atoms with Gasteiger partial charge in [-0.1, -0.05) is 13.8 Å². The molecule has 0 spiro atoms. The van der Waals surface area contributed by atoms with Gasteiger partial charge in [0.15, 0.2) is 0 Å². The van der Waals surface area contributed by atoms with E-state index >= 15 is 0 Å². The van der Waals surface area contributed by atoms with E-state index in [2.05, 4.69) is 19.2 Å². The van der Waals surface area contributed by atoms with Crippen molar-refractivity contribution in [3.63, 3.8) is 0 Å². The molecule has 8 heteroatoms. The molecule has 0 unspecified atom stereocenters. The second kappa shape index (κ2) is 10.9. The SMILES string of the molecule is COCCOCCCNC(=O)c1ccc(S(=O)(=O)N2C[C@@H](C)C[C@H](C)C2)cc1. The van der Waals surface area contributed by atoms with Crippen molar-refractivity contribution in [2.45, 2.75) is 31.6 Å². The highest BCUT2D eigenvalue weighted by Gasteiger charge is 2.31. The van der Waals surface area contributed by atoms with Gasteiger partial charge in [-0.05, 0) is 48.9 Å². The molecule has 0 aliphatic carbocycles. The fourth-order valence-electron chi connectivity index (χ4n) is 3.45. The number of carbonyl (C=O) groups is 1. The maximum atomic E-state index is 12.9. The minimum atomic E-state index is -3.53. The van der Waals surface area contributed by atoms with E-state index in [-0.39, 0.29) is 10.8 Å². The highest BCUT2D eigenvalue weighted by atomic mass is 32.2. The average Bonchev–Trinajstić information content (AvgIpc) is 2.66. The number of sulfonamides is 1. The van der Waals surface area contributed by atoms with Gasteiger partial charge in [0.25, 0.3) is 5.91 Å². The van der Waals surface area contributed by atoms with E-state index in [1.165, 1.54) is 12.1 Å². The van der Waals surface area contributed by atoms with Crippen LogP contribution in [0.1, 0.15) is 37.0 Å². The van der Waals surface area contributed by atoms with Crippen LogP contribution in [0, 0.1) is 11.8 Å². The van der Waals surface area contributed by atoms with Crippen LogP contribution in [-0.2, 0) is 19.5 Å². The number of nitrogens with zero attached hydrogens (tertiary/aromatic N) is 1.